The molecule has 0 saturated heterocycles. The Morgan fingerprint density at radius 3 is 1.77 bits per heavy atom. The van der Waals surface area contributed by atoms with E-state index in [1.54, 1.807) is 0 Å². The van der Waals surface area contributed by atoms with Crippen LogP contribution in [-0.4, -0.2) is 36.8 Å². The van der Waals surface area contributed by atoms with E-state index >= 15 is 0 Å². The van der Waals surface area contributed by atoms with Gasteiger partial charge in [0.25, 0.3) is 0 Å². The molecule has 2 nitrogen and oxygen atoms in total. The van der Waals surface area contributed by atoms with Gasteiger partial charge >= 0.3 is 0 Å². The van der Waals surface area contributed by atoms with Crippen molar-refractivity contribution in [2.75, 3.05) is 26.7 Å². The van der Waals surface area contributed by atoms with Crippen molar-refractivity contribution in [2.24, 2.45) is 5.41 Å². The van der Waals surface area contributed by atoms with E-state index in [0.29, 0.717) is 5.41 Å². The molecule has 0 bridgehead atoms. The van der Waals surface area contributed by atoms with Gasteiger partial charge in [-0.2, -0.15) is 0 Å². The van der Waals surface area contributed by atoms with E-state index in [1.165, 1.54) is 26.1 Å². The van der Waals surface area contributed by atoms with E-state index in [1.807, 2.05) is 0 Å². The molecule has 0 unspecified atom stereocenters. The second kappa shape index (κ2) is 8.52. The van der Waals surface area contributed by atoms with E-state index in [9.17, 15) is 0 Å². The van der Waals surface area contributed by atoms with Crippen LogP contribution in [0.1, 0.15) is 41.0 Å². The third kappa shape index (κ3) is 11.9. The summed E-state index contributed by atoms with van der Waals surface area (Å²) in [6, 6.07) is 0. The zero-order valence-corrected chi connectivity index (χ0v) is 10.2. The smallest absolute Gasteiger partial charge is 0.0319 e. The lowest BCUT2D eigenvalue weighted by Crippen LogP contribution is -2.33. The van der Waals surface area contributed by atoms with Crippen LogP contribution in [0, 0.1) is 5.41 Å². The molecule has 0 radical (unpaired) electrons. The molecule has 0 saturated carbocycles. The standard InChI is InChI=1S/C10H23N.CH4O/c1-6-8-11(7-2)9-10(3,4)5;1-2/h6-9H2,1-5H3;2H,1H3. The van der Waals surface area contributed by atoms with E-state index in [-0.39, 0.29) is 0 Å². The van der Waals surface area contributed by atoms with Crippen molar-refractivity contribution in [3.63, 3.8) is 0 Å². The van der Waals surface area contributed by atoms with Gasteiger partial charge in [0.15, 0.2) is 0 Å². The molecule has 0 aliphatic heterocycles. The van der Waals surface area contributed by atoms with Crippen molar-refractivity contribution >= 4 is 0 Å². The highest BCUT2D eigenvalue weighted by Gasteiger charge is 2.13. The molecule has 0 amide bonds. The van der Waals surface area contributed by atoms with Crippen LogP contribution in [-0.2, 0) is 0 Å². The summed E-state index contributed by atoms with van der Waals surface area (Å²) >= 11 is 0. The SMILES string of the molecule is CCCN(CC)CC(C)(C)C.CO. The highest BCUT2D eigenvalue weighted by atomic mass is 16.2. The largest absolute Gasteiger partial charge is 0.400 e. The molecule has 0 atom stereocenters. The monoisotopic (exact) mass is 189 g/mol. The van der Waals surface area contributed by atoms with Gasteiger partial charge in [0.05, 0.1) is 0 Å². The minimum atomic E-state index is 0.450. The van der Waals surface area contributed by atoms with Gasteiger partial charge in [-0.15, -0.1) is 0 Å². The molecular weight excluding hydrogens is 162 g/mol. The molecule has 0 heterocycles. The van der Waals surface area contributed by atoms with Gasteiger partial charge in [-0.3, -0.25) is 0 Å². The summed E-state index contributed by atoms with van der Waals surface area (Å²) in [6.07, 6.45) is 1.27. The highest BCUT2D eigenvalue weighted by Crippen LogP contribution is 2.14. The lowest BCUT2D eigenvalue weighted by Gasteiger charge is -2.28. The average Bonchev–Trinajstić information content (AvgIpc) is 2.05. The quantitative estimate of drug-likeness (QED) is 0.734. The molecule has 2 heteroatoms. The van der Waals surface area contributed by atoms with Crippen molar-refractivity contribution < 1.29 is 5.11 Å². The summed E-state index contributed by atoms with van der Waals surface area (Å²) in [4.78, 5) is 2.51. The van der Waals surface area contributed by atoms with Crippen molar-refractivity contribution in [1.82, 2.24) is 4.90 Å². The molecular formula is C11H27NO. The van der Waals surface area contributed by atoms with Crippen LogP contribution < -0.4 is 0 Å². The van der Waals surface area contributed by atoms with Gasteiger partial charge in [-0.05, 0) is 24.9 Å². The Bertz CT molecular complexity index is 96.8. The molecule has 0 aromatic rings. The zero-order chi connectivity index (χ0) is 10.9. The molecule has 0 fully saturated rings. The first-order chi connectivity index (χ1) is 5.99. The molecule has 13 heavy (non-hydrogen) atoms. The van der Waals surface area contributed by atoms with Crippen LogP contribution in [0.5, 0.6) is 0 Å². The first-order valence-electron chi connectivity index (χ1n) is 5.16. The number of aliphatic hydroxyl groups excluding tert-OH is 1. The first-order valence-corrected chi connectivity index (χ1v) is 5.16. The summed E-state index contributed by atoms with van der Waals surface area (Å²) in [5, 5.41) is 7.00. The topological polar surface area (TPSA) is 23.5 Å². The maximum atomic E-state index is 7.00. The Balaban J connectivity index is 0. The van der Waals surface area contributed by atoms with E-state index in [2.05, 4.69) is 39.5 Å². The van der Waals surface area contributed by atoms with E-state index < -0.39 is 0 Å². The first kappa shape index (κ1) is 15.4. The van der Waals surface area contributed by atoms with Crippen molar-refractivity contribution in [3.8, 4) is 0 Å². The van der Waals surface area contributed by atoms with Crippen molar-refractivity contribution in [1.29, 1.82) is 0 Å². The summed E-state index contributed by atoms with van der Waals surface area (Å²) in [7, 11) is 1.00. The number of rotatable bonds is 4. The fraction of sp³-hybridized carbons (Fsp3) is 1.00. The van der Waals surface area contributed by atoms with Crippen LogP contribution in [0.3, 0.4) is 0 Å². The van der Waals surface area contributed by atoms with Gasteiger partial charge in [0, 0.05) is 13.7 Å². The molecule has 0 spiro atoms. The Morgan fingerprint density at radius 2 is 1.54 bits per heavy atom. The summed E-state index contributed by atoms with van der Waals surface area (Å²) in [5.74, 6) is 0. The van der Waals surface area contributed by atoms with Crippen LogP contribution in [0.4, 0.5) is 0 Å². The molecule has 0 rings (SSSR count). The Morgan fingerprint density at radius 1 is 1.08 bits per heavy atom. The molecule has 82 valence electrons. The van der Waals surface area contributed by atoms with Crippen molar-refractivity contribution in [3.05, 3.63) is 0 Å². The third-order valence-electron chi connectivity index (χ3n) is 1.68. The van der Waals surface area contributed by atoms with Crippen LogP contribution in [0.2, 0.25) is 0 Å². The Hall–Kier alpha value is -0.0800. The maximum absolute atomic E-state index is 7.00. The lowest BCUT2D eigenvalue weighted by atomic mass is 9.96. The lowest BCUT2D eigenvalue weighted by molar-refractivity contribution is 0.199. The summed E-state index contributed by atoms with van der Waals surface area (Å²) < 4.78 is 0. The van der Waals surface area contributed by atoms with Gasteiger partial charge in [-0.1, -0.05) is 34.6 Å². The number of nitrogens with zero attached hydrogens (tertiary/aromatic N) is 1. The molecule has 1 N–H and O–H groups in total. The maximum Gasteiger partial charge on any atom is 0.0319 e. The predicted octanol–water partition coefficient (Wildman–Crippen LogP) is 2.37. The second-order valence-corrected chi connectivity index (χ2v) is 4.43. The Kier molecular flexibility index (Phi) is 10.1. The fourth-order valence-corrected chi connectivity index (χ4v) is 1.34. The minimum absolute atomic E-state index is 0.450. The van der Waals surface area contributed by atoms with Crippen LogP contribution >= 0.6 is 0 Å². The number of hydrogen-bond acceptors (Lipinski definition) is 2. The molecule has 0 aliphatic rings. The molecule has 0 aromatic carbocycles. The van der Waals surface area contributed by atoms with Crippen LogP contribution in [0.15, 0.2) is 0 Å². The fourth-order valence-electron chi connectivity index (χ4n) is 1.34. The minimum Gasteiger partial charge on any atom is -0.400 e. The summed E-state index contributed by atoms with van der Waals surface area (Å²) in [6.45, 7) is 15.0. The van der Waals surface area contributed by atoms with Gasteiger partial charge in [-0.25, -0.2) is 0 Å². The molecule has 0 aromatic heterocycles. The predicted molar refractivity (Wildman–Crippen MR) is 60.0 cm³/mol. The average molecular weight is 189 g/mol. The highest BCUT2D eigenvalue weighted by molar-refractivity contribution is 4.67. The van der Waals surface area contributed by atoms with Gasteiger partial charge < -0.3 is 10.0 Å². The zero-order valence-electron chi connectivity index (χ0n) is 10.2. The normalized spacial score (nSPS) is 11.1. The van der Waals surface area contributed by atoms with Crippen molar-refractivity contribution in [2.45, 2.75) is 41.0 Å². The number of aliphatic hydroxyl groups is 1. The van der Waals surface area contributed by atoms with Gasteiger partial charge in [0.2, 0.25) is 0 Å². The summed E-state index contributed by atoms with van der Waals surface area (Å²) in [5.41, 5.74) is 0.450. The third-order valence-corrected chi connectivity index (χ3v) is 1.68. The van der Waals surface area contributed by atoms with Crippen LogP contribution in [0.25, 0.3) is 0 Å². The molecule has 0 aliphatic carbocycles. The number of hydrogen-bond donors (Lipinski definition) is 1. The van der Waals surface area contributed by atoms with Gasteiger partial charge in [0.1, 0.15) is 0 Å². The van der Waals surface area contributed by atoms with E-state index in [0.717, 1.165) is 7.11 Å². The second-order valence-electron chi connectivity index (χ2n) is 4.43. The van der Waals surface area contributed by atoms with E-state index in [4.69, 9.17) is 5.11 Å². The Labute approximate surface area is 83.9 Å².